The highest BCUT2D eigenvalue weighted by atomic mass is 32.1. The molecule has 3 aromatic rings. The third-order valence-corrected chi connectivity index (χ3v) is 5.53. The van der Waals surface area contributed by atoms with Crippen molar-refractivity contribution in [2.75, 3.05) is 20.8 Å². The van der Waals surface area contributed by atoms with Crippen LogP contribution in [0.25, 0.3) is 16.5 Å². The fourth-order valence-electron chi connectivity index (χ4n) is 2.82. The van der Waals surface area contributed by atoms with Crippen molar-refractivity contribution in [3.8, 4) is 16.2 Å². The molecule has 0 atom stereocenters. The lowest BCUT2D eigenvalue weighted by atomic mass is 10.2. The summed E-state index contributed by atoms with van der Waals surface area (Å²) in [5.41, 5.74) is 2.02. The number of hydrogen-bond donors (Lipinski definition) is 0. The first-order valence-corrected chi connectivity index (χ1v) is 10.2. The van der Waals surface area contributed by atoms with Gasteiger partial charge in [0.25, 0.3) is 5.91 Å². The first kappa shape index (κ1) is 21.3. The number of ether oxygens (including phenoxy) is 2. The average Bonchev–Trinajstić information content (AvgIpc) is 3.26. The highest BCUT2D eigenvalue weighted by molar-refractivity contribution is 7.16. The summed E-state index contributed by atoms with van der Waals surface area (Å²) < 4.78 is 10.4. The van der Waals surface area contributed by atoms with Gasteiger partial charge in [0.15, 0.2) is 6.61 Å². The lowest BCUT2D eigenvalue weighted by Gasteiger charge is -2.18. The SMILES string of the molecule is COc1ccccc1CN(C)C(=O)COC(=O)/C=C/c1ccc(-c2ccccc2)s1. The zero-order valence-electron chi connectivity index (χ0n) is 16.9. The van der Waals surface area contributed by atoms with E-state index in [1.54, 1.807) is 31.6 Å². The minimum absolute atomic E-state index is 0.287. The molecular formula is C24H23NO4S. The molecule has 0 radical (unpaired) electrons. The number of carbonyl (C=O) groups excluding carboxylic acids is 2. The zero-order valence-corrected chi connectivity index (χ0v) is 17.7. The van der Waals surface area contributed by atoms with Crippen molar-refractivity contribution in [3.63, 3.8) is 0 Å². The van der Waals surface area contributed by atoms with Crippen LogP contribution in [-0.4, -0.2) is 37.5 Å². The average molecular weight is 422 g/mol. The van der Waals surface area contributed by atoms with E-state index < -0.39 is 5.97 Å². The van der Waals surface area contributed by atoms with Crippen LogP contribution in [0, 0.1) is 0 Å². The van der Waals surface area contributed by atoms with E-state index in [1.807, 2.05) is 66.7 Å². The van der Waals surface area contributed by atoms with Crippen molar-refractivity contribution < 1.29 is 19.1 Å². The Labute approximate surface area is 180 Å². The lowest BCUT2D eigenvalue weighted by Crippen LogP contribution is -2.30. The van der Waals surface area contributed by atoms with Crippen LogP contribution < -0.4 is 4.74 Å². The van der Waals surface area contributed by atoms with Crippen molar-refractivity contribution in [2.45, 2.75) is 6.54 Å². The monoisotopic (exact) mass is 421 g/mol. The van der Waals surface area contributed by atoms with E-state index in [-0.39, 0.29) is 12.5 Å². The van der Waals surface area contributed by atoms with Crippen LogP contribution in [0.15, 0.2) is 72.8 Å². The summed E-state index contributed by atoms with van der Waals surface area (Å²) in [4.78, 5) is 27.8. The molecule has 0 aliphatic rings. The number of thiophene rings is 1. The highest BCUT2D eigenvalue weighted by Crippen LogP contribution is 2.28. The van der Waals surface area contributed by atoms with E-state index >= 15 is 0 Å². The van der Waals surface area contributed by atoms with Gasteiger partial charge in [0, 0.05) is 35.0 Å². The summed E-state index contributed by atoms with van der Waals surface area (Å²) in [5.74, 6) is -0.128. The fraction of sp³-hybridized carbons (Fsp3) is 0.167. The Hall–Kier alpha value is -3.38. The summed E-state index contributed by atoms with van der Waals surface area (Å²) in [7, 11) is 3.25. The van der Waals surface area contributed by atoms with Gasteiger partial charge in [0.05, 0.1) is 7.11 Å². The van der Waals surface area contributed by atoms with Crippen LogP contribution >= 0.6 is 11.3 Å². The molecule has 1 aromatic heterocycles. The molecule has 0 spiro atoms. The molecule has 30 heavy (non-hydrogen) atoms. The van der Waals surface area contributed by atoms with Gasteiger partial charge < -0.3 is 14.4 Å². The van der Waals surface area contributed by atoms with Crippen LogP contribution in [-0.2, 0) is 20.9 Å². The summed E-state index contributed by atoms with van der Waals surface area (Å²) in [6.07, 6.45) is 3.04. The largest absolute Gasteiger partial charge is 0.496 e. The molecule has 6 heteroatoms. The second-order valence-corrected chi connectivity index (χ2v) is 7.69. The Morgan fingerprint density at radius 1 is 1.00 bits per heavy atom. The number of nitrogens with zero attached hydrogens (tertiary/aromatic N) is 1. The van der Waals surface area contributed by atoms with Gasteiger partial charge in [-0.05, 0) is 29.8 Å². The van der Waals surface area contributed by atoms with Gasteiger partial charge in [-0.2, -0.15) is 0 Å². The number of likely N-dealkylation sites (N-methyl/N-ethyl adjacent to an activating group) is 1. The Kier molecular flexibility index (Phi) is 7.40. The van der Waals surface area contributed by atoms with Crippen molar-refractivity contribution in [1.29, 1.82) is 0 Å². The van der Waals surface area contributed by atoms with E-state index in [1.165, 1.54) is 11.0 Å². The molecule has 1 amide bonds. The maximum Gasteiger partial charge on any atom is 0.331 e. The Bertz CT molecular complexity index is 1030. The van der Waals surface area contributed by atoms with E-state index in [0.717, 1.165) is 20.9 Å². The van der Waals surface area contributed by atoms with Gasteiger partial charge in [0.1, 0.15) is 5.75 Å². The number of esters is 1. The Morgan fingerprint density at radius 3 is 2.50 bits per heavy atom. The number of amides is 1. The van der Waals surface area contributed by atoms with Gasteiger partial charge in [-0.1, -0.05) is 48.5 Å². The van der Waals surface area contributed by atoms with Crippen LogP contribution in [0.3, 0.4) is 0 Å². The zero-order chi connectivity index (χ0) is 21.3. The van der Waals surface area contributed by atoms with Crippen molar-refractivity contribution in [1.82, 2.24) is 4.90 Å². The smallest absolute Gasteiger partial charge is 0.331 e. The van der Waals surface area contributed by atoms with E-state index in [2.05, 4.69) is 0 Å². The van der Waals surface area contributed by atoms with Crippen molar-refractivity contribution in [2.24, 2.45) is 0 Å². The van der Waals surface area contributed by atoms with Crippen molar-refractivity contribution in [3.05, 3.63) is 83.2 Å². The van der Waals surface area contributed by atoms with Crippen LogP contribution in [0.4, 0.5) is 0 Å². The maximum absolute atomic E-state index is 12.3. The highest BCUT2D eigenvalue weighted by Gasteiger charge is 2.13. The first-order chi connectivity index (χ1) is 14.6. The summed E-state index contributed by atoms with van der Waals surface area (Å²) in [5, 5.41) is 0. The second kappa shape index (κ2) is 10.4. The molecule has 2 aromatic carbocycles. The first-order valence-electron chi connectivity index (χ1n) is 9.43. The summed E-state index contributed by atoms with van der Waals surface area (Å²) >= 11 is 1.58. The van der Waals surface area contributed by atoms with Crippen LogP contribution in [0.2, 0.25) is 0 Å². The van der Waals surface area contributed by atoms with E-state index in [9.17, 15) is 9.59 Å². The summed E-state index contributed by atoms with van der Waals surface area (Å²) in [6, 6.07) is 21.5. The molecule has 3 rings (SSSR count). The minimum atomic E-state index is -0.552. The number of rotatable bonds is 8. The van der Waals surface area contributed by atoms with Gasteiger partial charge in [-0.3, -0.25) is 4.79 Å². The third kappa shape index (κ3) is 5.81. The topological polar surface area (TPSA) is 55.8 Å². The minimum Gasteiger partial charge on any atom is -0.496 e. The van der Waals surface area contributed by atoms with Gasteiger partial charge in [0.2, 0.25) is 0 Å². The molecule has 0 aliphatic carbocycles. The van der Waals surface area contributed by atoms with Gasteiger partial charge in [-0.15, -0.1) is 11.3 Å². The van der Waals surface area contributed by atoms with E-state index in [4.69, 9.17) is 9.47 Å². The van der Waals surface area contributed by atoms with Crippen molar-refractivity contribution >= 4 is 29.3 Å². The molecule has 154 valence electrons. The van der Waals surface area contributed by atoms with Crippen LogP contribution in [0.1, 0.15) is 10.4 Å². The molecule has 0 aliphatic heterocycles. The number of methoxy groups -OCH3 is 1. The lowest BCUT2D eigenvalue weighted by molar-refractivity contribution is -0.147. The van der Waals surface area contributed by atoms with Gasteiger partial charge >= 0.3 is 5.97 Å². The molecule has 0 fully saturated rings. The molecule has 0 saturated carbocycles. The van der Waals surface area contributed by atoms with Crippen LogP contribution in [0.5, 0.6) is 5.75 Å². The Balaban J connectivity index is 1.49. The number of benzene rings is 2. The van der Waals surface area contributed by atoms with E-state index in [0.29, 0.717) is 12.3 Å². The molecular weight excluding hydrogens is 398 g/mol. The molecule has 0 unspecified atom stereocenters. The number of hydrogen-bond acceptors (Lipinski definition) is 5. The number of carbonyl (C=O) groups is 2. The molecule has 0 saturated heterocycles. The van der Waals surface area contributed by atoms with Gasteiger partial charge in [-0.25, -0.2) is 4.79 Å². The predicted molar refractivity (Wildman–Crippen MR) is 119 cm³/mol. The summed E-state index contributed by atoms with van der Waals surface area (Å²) in [6.45, 7) is 0.0578. The normalized spacial score (nSPS) is 10.7. The quantitative estimate of drug-likeness (QED) is 0.393. The maximum atomic E-state index is 12.3. The molecule has 0 N–H and O–H groups in total. The fourth-order valence-corrected chi connectivity index (χ4v) is 3.73. The predicted octanol–water partition coefficient (Wildman–Crippen LogP) is 4.64. The number of para-hydroxylation sites is 1. The third-order valence-electron chi connectivity index (χ3n) is 4.43. The molecule has 0 bridgehead atoms. The second-order valence-electron chi connectivity index (χ2n) is 6.57. The Morgan fingerprint density at radius 2 is 1.73 bits per heavy atom. The molecule has 1 heterocycles. The standard InChI is InChI=1S/C24H23NO4S/c1-25(16-19-10-6-7-11-21(19)28-2)23(26)17-29-24(27)15-13-20-12-14-22(30-20)18-8-4-3-5-9-18/h3-15H,16-17H2,1-2H3/b15-13+. The molecule has 5 nitrogen and oxygen atoms in total.